The molecule has 0 aromatic heterocycles. The Morgan fingerprint density at radius 2 is 1.29 bits per heavy atom. The molecule has 29 heteroatoms. The quantitative estimate of drug-likeness (QED) is 0.0142. The Bertz CT molecular complexity index is 2130. The van der Waals surface area contributed by atoms with Crippen LogP contribution in [0.4, 0.5) is 0 Å². The largest absolute Gasteiger partial charge is 0.508 e. The SMILES string of the molecule is CCC(C)C(NC(=O)C(Cc1ccc(O)cc1)NC(=O)C(N)CS)C(=O)NC(CCC(N)=O)C(=O)NC(CC(N)=O)C(=O)NC(CS)C(=O)N1CCCC1C(=O)NC(CCCN=C(N)N)C(=O)NCC(N)=O. The number of thiol groups is 2. The number of guanidine groups is 1. The molecule has 1 aromatic carbocycles. The summed E-state index contributed by atoms with van der Waals surface area (Å²) in [6.45, 7) is 2.97. The molecule has 9 unspecified atom stereocenters. The van der Waals surface area contributed by atoms with Gasteiger partial charge in [-0.05, 0) is 55.7 Å². The van der Waals surface area contributed by atoms with Crippen LogP contribution in [0.15, 0.2) is 29.3 Å². The van der Waals surface area contributed by atoms with Crippen molar-refractivity contribution in [2.45, 2.75) is 120 Å². The predicted molar refractivity (Wildman–Crippen MR) is 268 cm³/mol. The standard InChI is InChI=1S/C43H69N15O12S2/c1-3-21(2)34(57-39(67)27(54-35(63)24(44)19-71)16-22-8-10-23(59)11-9-22)41(69)53-26(12-13-31(45)60)37(65)55-28(17-32(46)61)38(66)56-29(20-72)42(70)58-15-5-7-30(58)40(68)52-25(6-4-14-50-43(48)49)36(64)51-18-33(47)62/h8-11,21,24-30,34,59,71-72H,3-7,12-20,44H2,1-2H3,(H2,45,60)(H2,46,61)(H2,47,62)(H,51,64)(H,52,68)(H,53,69)(H,54,63)(H,55,65)(H,56,66)(H,57,67)(H4,48,49,50). The van der Waals surface area contributed by atoms with Crippen LogP contribution in [-0.2, 0) is 59.2 Å². The van der Waals surface area contributed by atoms with Gasteiger partial charge < -0.3 is 81.6 Å². The predicted octanol–water partition coefficient (Wildman–Crippen LogP) is -6.14. The summed E-state index contributed by atoms with van der Waals surface area (Å²) in [5.74, 6) is -11.0. The number of amides is 11. The normalized spacial score (nSPS) is 16.3. The third kappa shape index (κ3) is 20.8. The fourth-order valence-corrected chi connectivity index (χ4v) is 7.61. The number of rotatable bonds is 31. The third-order valence-electron chi connectivity index (χ3n) is 11.3. The summed E-state index contributed by atoms with van der Waals surface area (Å²) in [4.78, 5) is 150. The number of phenolic OH excluding ortho intramolecular Hbond substituents is 1. The first-order chi connectivity index (χ1) is 33.9. The second-order valence-corrected chi connectivity index (χ2v) is 17.7. The first kappa shape index (κ1) is 61.2. The molecule has 1 aromatic rings. The Hall–Kier alpha value is -6.88. The van der Waals surface area contributed by atoms with Gasteiger partial charge in [0.15, 0.2) is 5.96 Å². The second-order valence-electron chi connectivity index (χ2n) is 17.0. The van der Waals surface area contributed by atoms with Crippen molar-refractivity contribution in [3.8, 4) is 5.75 Å². The molecule has 20 N–H and O–H groups in total. The summed E-state index contributed by atoms with van der Waals surface area (Å²) >= 11 is 8.27. The summed E-state index contributed by atoms with van der Waals surface area (Å²) in [5, 5.41) is 27.1. The van der Waals surface area contributed by atoms with E-state index in [1.807, 2.05) is 0 Å². The van der Waals surface area contributed by atoms with Crippen molar-refractivity contribution in [1.29, 1.82) is 0 Å². The number of phenols is 1. The number of carbonyl (C=O) groups excluding carboxylic acids is 11. The lowest BCUT2D eigenvalue weighted by molar-refractivity contribution is -0.142. The van der Waals surface area contributed by atoms with Crippen molar-refractivity contribution >= 4 is 96.2 Å². The minimum Gasteiger partial charge on any atom is -0.508 e. The maximum absolute atomic E-state index is 14.1. The van der Waals surface area contributed by atoms with Crippen LogP contribution in [0.25, 0.3) is 0 Å². The molecule has 400 valence electrons. The van der Waals surface area contributed by atoms with Crippen LogP contribution in [0, 0.1) is 5.92 Å². The first-order valence-corrected chi connectivity index (χ1v) is 24.2. The number of hydrogen-bond donors (Lipinski definition) is 16. The molecule has 72 heavy (non-hydrogen) atoms. The van der Waals surface area contributed by atoms with E-state index in [0.29, 0.717) is 18.4 Å². The number of likely N-dealkylation sites (tertiary alicyclic amines) is 1. The lowest BCUT2D eigenvalue weighted by Crippen LogP contribution is -2.61. The van der Waals surface area contributed by atoms with Gasteiger partial charge in [0.05, 0.1) is 19.0 Å². The highest BCUT2D eigenvalue weighted by atomic mass is 32.1. The van der Waals surface area contributed by atoms with E-state index in [1.54, 1.807) is 13.8 Å². The highest BCUT2D eigenvalue weighted by Gasteiger charge is 2.40. The Kier molecular flexibility index (Phi) is 26.2. The summed E-state index contributed by atoms with van der Waals surface area (Å²) < 4.78 is 0. The first-order valence-electron chi connectivity index (χ1n) is 23.0. The minimum atomic E-state index is -1.78. The average Bonchev–Trinajstić information content (AvgIpc) is 3.83. The smallest absolute Gasteiger partial charge is 0.246 e. The lowest BCUT2D eigenvalue weighted by atomic mass is 9.96. The molecule has 1 heterocycles. The lowest BCUT2D eigenvalue weighted by Gasteiger charge is -2.30. The minimum absolute atomic E-state index is 0.0235. The molecule has 1 fully saturated rings. The van der Waals surface area contributed by atoms with Crippen LogP contribution in [0.1, 0.15) is 70.8 Å². The molecule has 0 spiro atoms. The highest BCUT2D eigenvalue weighted by molar-refractivity contribution is 7.80. The number of nitrogens with zero attached hydrogens (tertiary/aromatic N) is 2. The van der Waals surface area contributed by atoms with Crippen molar-refractivity contribution in [3.63, 3.8) is 0 Å². The number of nitrogens with one attached hydrogen (secondary N) is 7. The number of benzene rings is 1. The number of carbonyl (C=O) groups is 11. The number of aliphatic imine (C=N–C) groups is 1. The maximum atomic E-state index is 14.1. The molecule has 1 aliphatic heterocycles. The van der Waals surface area contributed by atoms with Gasteiger partial charge in [-0.1, -0.05) is 32.4 Å². The van der Waals surface area contributed by atoms with Gasteiger partial charge in [0.1, 0.15) is 48.0 Å². The molecule has 11 amide bonds. The van der Waals surface area contributed by atoms with Gasteiger partial charge in [0.25, 0.3) is 0 Å². The second kappa shape index (κ2) is 30.8. The fourth-order valence-electron chi connectivity index (χ4n) is 7.19. The molecule has 0 bridgehead atoms. The van der Waals surface area contributed by atoms with E-state index in [1.165, 1.54) is 29.2 Å². The van der Waals surface area contributed by atoms with Crippen LogP contribution >= 0.6 is 25.3 Å². The molecule has 0 aliphatic carbocycles. The molecular weight excluding hydrogens is 983 g/mol. The topological polar surface area (TPSA) is 464 Å². The molecule has 0 saturated carbocycles. The van der Waals surface area contributed by atoms with Gasteiger partial charge in [0, 0.05) is 37.4 Å². The van der Waals surface area contributed by atoms with Crippen LogP contribution < -0.4 is 71.6 Å². The molecule has 9 atom stereocenters. The zero-order chi connectivity index (χ0) is 54.2. The molecule has 27 nitrogen and oxygen atoms in total. The zero-order valence-corrected chi connectivity index (χ0v) is 41.9. The van der Waals surface area contributed by atoms with Crippen LogP contribution in [0.2, 0.25) is 0 Å². The van der Waals surface area contributed by atoms with Crippen molar-refractivity contribution in [1.82, 2.24) is 42.1 Å². The maximum Gasteiger partial charge on any atom is 0.246 e. The number of aromatic hydroxyl groups is 1. The Morgan fingerprint density at radius 3 is 1.86 bits per heavy atom. The van der Waals surface area contributed by atoms with Gasteiger partial charge in [-0.15, -0.1) is 0 Å². The van der Waals surface area contributed by atoms with E-state index in [4.69, 9.17) is 34.4 Å². The van der Waals surface area contributed by atoms with Crippen LogP contribution in [0.5, 0.6) is 5.75 Å². The summed E-state index contributed by atoms with van der Waals surface area (Å²) in [6.07, 6.45) is -0.772. The summed E-state index contributed by atoms with van der Waals surface area (Å²) in [5.41, 5.74) is 33.1. The van der Waals surface area contributed by atoms with Gasteiger partial charge >= 0.3 is 0 Å². The van der Waals surface area contributed by atoms with Crippen LogP contribution in [-0.4, -0.2) is 160 Å². The molecule has 2 rings (SSSR count). The van der Waals surface area contributed by atoms with Crippen molar-refractivity contribution in [2.75, 3.05) is 31.1 Å². The third-order valence-corrected chi connectivity index (χ3v) is 12.1. The average molecular weight is 1050 g/mol. The van der Waals surface area contributed by atoms with Gasteiger partial charge in [-0.2, -0.15) is 25.3 Å². The molecule has 1 aliphatic rings. The van der Waals surface area contributed by atoms with Gasteiger partial charge in [-0.3, -0.25) is 57.7 Å². The van der Waals surface area contributed by atoms with Crippen molar-refractivity contribution in [2.24, 2.45) is 45.3 Å². The molecule has 1 saturated heterocycles. The highest BCUT2D eigenvalue weighted by Crippen LogP contribution is 2.20. The monoisotopic (exact) mass is 1050 g/mol. The van der Waals surface area contributed by atoms with E-state index < -0.39 is 145 Å². The van der Waals surface area contributed by atoms with Crippen LogP contribution in [0.3, 0.4) is 0 Å². The molecule has 0 radical (unpaired) electrons. The number of nitrogens with two attached hydrogens (primary N) is 6. The zero-order valence-electron chi connectivity index (χ0n) is 40.1. The Morgan fingerprint density at radius 1 is 0.708 bits per heavy atom. The Labute approximate surface area is 426 Å². The fraction of sp³-hybridized carbons (Fsp3) is 0.581. The Balaban J connectivity index is 2.34. The van der Waals surface area contributed by atoms with E-state index >= 15 is 0 Å². The van der Waals surface area contributed by atoms with E-state index in [-0.39, 0.29) is 62.0 Å². The number of hydrogen-bond acceptors (Lipinski definition) is 16. The van der Waals surface area contributed by atoms with Gasteiger partial charge in [-0.25, -0.2) is 0 Å². The van der Waals surface area contributed by atoms with E-state index in [2.05, 4.69) is 67.5 Å². The van der Waals surface area contributed by atoms with Crippen molar-refractivity contribution < 1.29 is 57.8 Å². The van der Waals surface area contributed by atoms with E-state index in [9.17, 15) is 57.8 Å². The van der Waals surface area contributed by atoms with Gasteiger partial charge in [0.2, 0.25) is 65.0 Å². The number of primary amides is 3. The molecular formula is C43H69N15O12S2. The van der Waals surface area contributed by atoms with Crippen molar-refractivity contribution in [3.05, 3.63) is 29.8 Å². The summed E-state index contributed by atoms with van der Waals surface area (Å²) in [7, 11) is 0. The summed E-state index contributed by atoms with van der Waals surface area (Å²) in [6, 6.07) is -5.17. The van der Waals surface area contributed by atoms with E-state index in [0.717, 1.165) is 0 Å².